The highest BCUT2D eigenvalue weighted by atomic mass is 32.2. The second kappa shape index (κ2) is 7.25. The molecule has 1 aromatic rings. The molecule has 0 aliphatic carbocycles. The minimum absolute atomic E-state index is 0.614. The third-order valence-corrected chi connectivity index (χ3v) is 4.40. The van der Waals surface area contributed by atoms with E-state index in [-0.39, 0.29) is 0 Å². The van der Waals surface area contributed by atoms with Crippen molar-refractivity contribution in [2.45, 2.75) is 33.2 Å². The minimum Gasteiger partial charge on any atom is -0.313 e. The zero-order chi connectivity index (χ0) is 11.1. The van der Waals surface area contributed by atoms with Gasteiger partial charge in [0, 0.05) is 23.2 Å². The van der Waals surface area contributed by atoms with Gasteiger partial charge in [-0.25, -0.2) is 4.98 Å². The molecule has 0 aromatic carbocycles. The molecule has 0 saturated carbocycles. The molecule has 1 unspecified atom stereocenters. The van der Waals surface area contributed by atoms with Crippen LogP contribution in [0, 0.1) is 6.92 Å². The van der Waals surface area contributed by atoms with Gasteiger partial charge < -0.3 is 5.32 Å². The molecule has 0 saturated heterocycles. The van der Waals surface area contributed by atoms with E-state index in [0.717, 1.165) is 13.0 Å². The Morgan fingerprint density at radius 2 is 2.40 bits per heavy atom. The van der Waals surface area contributed by atoms with E-state index in [1.54, 1.807) is 11.3 Å². The maximum atomic E-state index is 4.25. The Balaban J connectivity index is 2.13. The Labute approximate surface area is 101 Å². The molecular formula is C11H20N2S2. The van der Waals surface area contributed by atoms with Crippen molar-refractivity contribution in [3.05, 3.63) is 16.1 Å². The van der Waals surface area contributed by atoms with Gasteiger partial charge in [0.2, 0.25) is 0 Å². The monoisotopic (exact) mass is 244 g/mol. The Morgan fingerprint density at radius 1 is 1.60 bits per heavy atom. The standard InChI is InChI=1S/C11H20N2S2/c1-4-14-7-9(2)12-6-5-11-10(3)13-8-15-11/h8-9,12H,4-7H2,1-3H3. The lowest BCUT2D eigenvalue weighted by molar-refractivity contribution is 0.598. The fourth-order valence-corrected chi connectivity index (χ4v) is 2.84. The van der Waals surface area contributed by atoms with Crippen LogP contribution < -0.4 is 5.32 Å². The summed E-state index contributed by atoms with van der Waals surface area (Å²) in [7, 11) is 0. The summed E-state index contributed by atoms with van der Waals surface area (Å²) in [6, 6.07) is 0.614. The third-order valence-electron chi connectivity index (χ3n) is 2.26. The summed E-state index contributed by atoms with van der Waals surface area (Å²) in [6.07, 6.45) is 1.11. The first-order chi connectivity index (χ1) is 7.24. The molecule has 86 valence electrons. The van der Waals surface area contributed by atoms with Gasteiger partial charge in [0.25, 0.3) is 0 Å². The van der Waals surface area contributed by atoms with E-state index >= 15 is 0 Å². The zero-order valence-corrected chi connectivity index (χ0v) is 11.4. The topological polar surface area (TPSA) is 24.9 Å². The molecule has 0 aliphatic heterocycles. The van der Waals surface area contributed by atoms with Crippen molar-refractivity contribution in [1.82, 2.24) is 10.3 Å². The van der Waals surface area contributed by atoms with E-state index in [9.17, 15) is 0 Å². The summed E-state index contributed by atoms with van der Waals surface area (Å²) in [4.78, 5) is 5.67. The van der Waals surface area contributed by atoms with Crippen LogP contribution >= 0.6 is 23.1 Å². The minimum atomic E-state index is 0.614. The smallest absolute Gasteiger partial charge is 0.0797 e. The van der Waals surface area contributed by atoms with Gasteiger partial charge in [-0.1, -0.05) is 6.92 Å². The summed E-state index contributed by atoms with van der Waals surface area (Å²) < 4.78 is 0. The number of hydrogen-bond donors (Lipinski definition) is 1. The van der Waals surface area contributed by atoms with Crippen molar-refractivity contribution in [2.75, 3.05) is 18.1 Å². The van der Waals surface area contributed by atoms with Crippen molar-refractivity contribution >= 4 is 23.1 Å². The highest BCUT2D eigenvalue weighted by Gasteiger charge is 2.03. The zero-order valence-electron chi connectivity index (χ0n) is 9.75. The van der Waals surface area contributed by atoms with E-state index < -0.39 is 0 Å². The van der Waals surface area contributed by atoms with Crippen LogP contribution in [0.25, 0.3) is 0 Å². The molecular weight excluding hydrogens is 224 g/mol. The number of thioether (sulfide) groups is 1. The first-order valence-corrected chi connectivity index (χ1v) is 7.47. The molecule has 0 radical (unpaired) electrons. The molecule has 0 amide bonds. The lowest BCUT2D eigenvalue weighted by Gasteiger charge is -2.12. The molecule has 1 aromatic heterocycles. The SMILES string of the molecule is CCSCC(C)NCCc1scnc1C. The van der Waals surface area contributed by atoms with E-state index in [2.05, 4.69) is 31.1 Å². The van der Waals surface area contributed by atoms with Crippen LogP contribution in [0.5, 0.6) is 0 Å². The quantitative estimate of drug-likeness (QED) is 0.798. The highest BCUT2D eigenvalue weighted by Crippen LogP contribution is 2.12. The summed E-state index contributed by atoms with van der Waals surface area (Å²) in [5.74, 6) is 2.41. The Kier molecular flexibility index (Phi) is 6.29. The number of nitrogens with one attached hydrogen (secondary N) is 1. The molecule has 4 heteroatoms. The average molecular weight is 244 g/mol. The fourth-order valence-electron chi connectivity index (χ4n) is 1.35. The molecule has 0 spiro atoms. The number of nitrogens with zero attached hydrogens (tertiary/aromatic N) is 1. The van der Waals surface area contributed by atoms with Gasteiger partial charge in [0.15, 0.2) is 0 Å². The summed E-state index contributed by atoms with van der Waals surface area (Å²) in [5, 5.41) is 3.54. The third kappa shape index (κ3) is 5.00. The normalized spacial score (nSPS) is 13.0. The highest BCUT2D eigenvalue weighted by molar-refractivity contribution is 7.99. The van der Waals surface area contributed by atoms with Crippen molar-refractivity contribution < 1.29 is 0 Å². The van der Waals surface area contributed by atoms with Crippen LogP contribution in [-0.2, 0) is 6.42 Å². The lowest BCUT2D eigenvalue weighted by Crippen LogP contribution is -2.30. The number of aryl methyl sites for hydroxylation is 1. The number of aromatic nitrogens is 1. The van der Waals surface area contributed by atoms with Crippen LogP contribution in [0.1, 0.15) is 24.4 Å². The maximum absolute atomic E-state index is 4.25. The van der Waals surface area contributed by atoms with Gasteiger partial charge in [0.05, 0.1) is 11.2 Å². The van der Waals surface area contributed by atoms with Gasteiger partial charge in [0.1, 0.15) is 0 Å². The van der Waals surface area contributed by atoms with Crippen molar-refractivity contribution in [3.8, 4) is 0 Å². The van der Waals surface area contributed by atoms with Gasteiger partial charge in [-0.05, 0) is 26.0 Å². The van der Waals surface area contributed by atoms with Gasteiger partial charge in [-0.3, -0.25) is 0 Å². The maximum Gasteiger partial charge on any atom is 0.0797 e. The van der Waals surface area contributed by atoms with E-state index in [1.165, 1.54) is 22.1 Å². The molecule has 0 fully saturated rings. The largest absolute Gasteiger partial charge is 0.313 e. The molecule has 15 heavy (non-hydrogen) atoms. The summed E-state index contributed by atoms with van der Waals surface area (Å²) in [6.45, 7) is 7.61. The van der Waals surface area contributed by atoms with Crippen LogP contribution in [0.15, 0.2) is 5.51 Å². The predicted octanol–water partition coefficient (Wildman–Crippen LogP) is 2.73. The predicted molar refractivity (Wildman–Crippen MR) is 71.0 cm³/mol. The Bertz CT molecular complexity index is 273. The van der Waals surface area contributed by atoms with Crippen LogP contribution in [0.2, 0.25) is 0 Å². The van der Waals surface area contributed by atoms with Gasteiger partial charge >= 0.3 is 0 Å². The molecule has 0 aliphatic rings. The van der Waals surface area contributed by atoms with Gasteiger partial charge in [-0.15, -0.1) is 11.3 Å². The Morgan fingerprint density at radius 3 is 3.00 bits per heavy atom. The number of hydrogen-bond acceptors (Lipinski definition) is 4. The van der Waals surface area contributed by atoms with E-state index in [4.69, 9.17) is 0 Å². The summed E-state index contributed by atoms with van der Waals surface area (Å²) in [5.41, 5.74) is 3.12. The molecule has 1 rings (SSSR count). The summed E-state index contributed by atoms with van der Waals surface area (Å²) >= 11 is 3.76. The van der Waals surface area contributed by atoms with Crippen molar-refractivity contribution in [1.29, 1.82) is 0 Å². The van der Waals surface area contributed by atoms with E-state index in [0.29, 0.717) is 6.04 Å². The average Bonchev–Trinajstić information content (AvgIpc) is 2.61. The van der Waals surface area contributed by atoms with Gasteiger partial charge in [-0.2, -0.15) is 11.8 Å². The Hall–Kier alpha value is -0.0600. The van der Waals surface area contributed by atoms with Crippen molar-refractivity contribution in [2.24, 2.45) is 0 Å². The van der Waals surface area contributed by atoms with E-state index in [1.807, 2.05) is 17.3 Å². The molecule has 1 heterocycles. The first-order valence-electron chi connectivity index (χ1n) is 5.44. The molecule has 0 bridgehead atoms. The molecule has 2 nitrogen and oxygen atoms in total. The lowest BCUT2D eigenvalue weighted by atomic mass is 10.3. The second-order valence-electron chi connectivity index (χ2n) is 3.63. The fraction of sp³-hybridized carbons (Fsp3) is 0.727. The second-order valence-corrected chi connectivity index (χ2v) is 5.88. The number of thiazole rings is 1. The van der Waals surface area contributed by atoms with Crippen molar-refractivity contribution in [3.63, 3.8) is 0 Å². The van der Waals surface area contributed by atoms with Crippen LogP contribution in [-0.4, -0.2) is 29.1 Å². The molecule has 1 atom stereocenters. The van der Waals surface area contributed by atoms with Crippen LogP contribution in [0.4, 0.5) is 0 Å². The number of rotatable bonds is 7. The molecule has 1 N–H and O–H groups in total. The van der Waals surface area contributed by atoms with Crippen LogP contribution in [0.3, 0.4) is 0 Å². The first kappa shape index (κ1) is 13.0.